The van der Waals surface area contributed by atoms with Gasteiger partial charge < -0.3 is 10.6 Å². The Bertz CT molecular complexity index is 514. The summed E-state index contributed by atoms with van der Waals surface area (Å²) < 4.78 is 0. The first-order valence-corrected chi connectivity index (χ1v) is 5.94. The number of carbonyl (C=O) groups is 1. The van der Waals surface area contributed by atoms with Crippen molar-refractivity contribution in [2.75, 3.05) is 6.54 Å². The average Bonchev–Trinajstić information content (AvgIpc) is 2.79. The maximum atomic E-state index is 11.2. The van der Waals surface area contributed by atoms with E-state index in [4.69, 9.17) is 11.0 Å². The first kappa shape index (κ1) is 12.2. The van der Waals surface area contributed by atoms with Gasteiger partial charge in [0.25, 0.3) is 5.91 Å². The molecule has 0 bridgehead atoms. The van der Waals surface area contributed by atoms with Gasteiger partial charge in [0.05, 0.1) is 0 Å². The first-order valence-electron chi connectivity index (χ1n) is 5.94. The molecule has 1 aromatic carbocycles. The number of allylic oxidation sites excluding steroid dienone is 1. The molecule has 1 saturated heterocycles. The van der Waals surface area contributed by atoms with Crippen LogP contribution in [-0.2, 0) is 11.3 Å². The van der Waals surface area contributed by atoms with Gasteiger partial charge in [-0.25, -0.2) is 0 Å². The fourth-order valence-electron chi connectivity index (χ4n) is 2.25. The highest BCUT2D eigenvalue weighted by molar-refractivity contribution is 5.96. The number of nitrogens with two attached hydrogens (primary N) is 1. The van der Waals surface area contributed by atoms with Gasteiger partial charge in [-0.2, -0.15) is 5.26 Å². The Morgan fingerprint density at radius 2 is 2.11 bits per heavy atom. The monoisotopic (exact) mass is 241 g/mol. The number of benzene rings is 1. The molecule has 92 valence electrons. The fraction of sp³-hybridized carbons (Fsp3) is 0.286. The normalized spacial score (nSPS) is 17.4. The molecule has 2 rings (SSSR count). The van der Waals surface area contributed by atoms with Crippen molar-refractivity contribution in [3.8, 4) is 6.07 Å². The predicted octanol–water partition coefficient (Wildman–Crippen LogP) is 1.55. The lowest BCUT2D eigenvalue weighted by molar-refractivity contribution is -0.114. The molecule has 0 atom stereocenters. The third kappa shape index (κ3) is 2.51. The molecule has 1 heterocycles. The summed E-state index contributed by atoms with van der Waals surface area (Å²) in [6.45, 7) is 1.58. The van der Waals surface area contributed by atoms with E-state index >= 15 is 0 Å². The van der Waals surface area contributed by atoms with Gasteiger partial charge in [0.15, 0.2) is 0 Å². The van der Waals surface area contributed by atoms with Crippen LogP contribution in [0.5, 0.6) is 0 Å². The van der Waals surface area contributed by atoms with E-state index in [9.17, 15) is 4.79 Å². The van der Waals surface area contributed by atoms with Crippen molar-refractivity contribution in [2.24, 2.45) is 5.73 Å². The minimum absolute atomic E-state index is 0.100. The van der Waals surface area contributed by atoms with Gasteiger partial charge in [-0.15, -0.1) is 0 Å². The third-order valence-corrected chi connectivity index (χ3v) is 3.09. The summed E-state index contributed by atoms with van der Waals surface area (Å²) in [7, 11) is 0. The van der Waals surface area contributed by atoms with Gasteiger partial charge in [-0.05, 0) is 18.4 Å². The number of hydrogen-bond donors (Lipinski definition) is 1. The van der Waals surface area contributed by atoms with Crippen molar-refractivity contribution >= 4 is 5.91 Å². The van der Waals surface area contributed by atoms with E-state index < -0.39 is 5.91 Å². The van der Waals surface area contributed by atoms with Crippen molar-refractivity contribution in [3.63, 3.8) is 0 Å². The Morgan fingerprint density at radius 1 is 1.39 bits per heavy atom. The van der Waals surface area contributed by atoms with Crippen LogP contribution in [0.15, 0.2) is 41.6 Å². The van der Waals surface area contributed by atoms with Crippen LogP contribution in [0.4, 0.5) is 0 Å². The molecule has 0 spiro atoms. The largest absolute Gasteiger partial charge is 0.369 e. The summed E-state index contributed by atoms with van der Waals surface area (Å²) in [4.78, 5) is 13.3. The second kappa shape index (κ2) is 5.37. The molecule has 0 aromatic heterocycles. The molecule has 4 nitrogen and oxygen atoms in total. The molecule has 18 heavy (non-hydrogen) atoms. The van der Waals surface area contributed by atoms with Crippen LogP contribution in [0.1, 0.15) is 18.4 Å². The highest BCUT2D eigenvalue weighted by Gasteiger charge is 2.23. The SMILES string of the molecule is N#C/C(C(N)=O)=C1\CCCN1Cc1ccccc1. The zero-order valence-corrected chi connectivity index (χ0v) is 10.1. The second-order valence-electron chi connectivity index (χ2n) is 4.31. The number of primary amides is 1. The molecule has 4 heteroatoms. The first-order chi connectivity index (χ1) is 8.72. The van der Waals surface area contributed by atoms with Gasteiger partial charge >= 0.3 is 0 Å². The van der Waals surface area contributed by atoms with Crippen LogP contribution >= 0.6 is 0 Å². The van der Waals surface area contributed by atoms with Gasteiger partial charge in [0, 0.05) is 18.8 Å². The molecule has 1 aromatic rings. The minimum Gasteiger partial charge on any atom is -0.369 e. The number of likely N-dealkylation sites (tertiary alicyclic amines) is 1. The lowest BCUT2D eigenvalue weighted by Crippen LogP contribution is -2.23. The van der Waals surface area contributed by atoms with Crippen molar-refractivity contribution in [3.05, 3.63) is 47.2 Å². The summed E-state index contributed by atoms with van der Waals surface area (Å²) in [5, 5.41) is 9.01. The molecule has 1 fully saturated rings. The second-order valence-corrected chi connectivity index (χ2v) is 4.31. The van der Waals surface area contributed by atoms with Crippen LogP contribution in [0.3, 0.4) is 0 Å². The number of hydrogen-bond acceptors (Lipinski definition) is 3. The number of amides is 1. The van der Waals surface area contributed by atoms with Crippen molar-refractivity contribution in [1.82, 2.24) is 4.90 Å². The smallest absolute Gasteiger partial charge is 0.261 e. The summed E-state index contributed by atoms with van der Waals surface area (Å²) >= 11 is 0. The standard InChI is InChI=1S/C14H15N3O/c15-9-12(14(16)18)13-7-4-8-17(13)10-11-5-2-1-3-6-11/h1-3,5-6H,4,7-8,10H2,(H2,16,18)/b13-12-. The molecule has 0 unspecified atom stereocenters. The third-order valence-electron chi connectivity index (χ3n) is 3.09. The summed E-state index contributed by atoms with van der Waals surface area (Å²) in [6, 6.07) is 11.9. The molecule has 0 radical (unpaired) electrons. The Labute approximate surface area is 106 Å². The number of carbonyl (C=O) groups excluding carboxylic acids is 1. The van der Waals surface area contributed by atoms with E-state index in [1.165, 1.54) is 5.56 Å². The summed E-state index contributed by atoms with van der Waals surface area (Å²) in [5.41, 5.74) is 7.29. The lowest BCUT2D eigenvalue weighted by atomic mass is 10.1. The Morgan fingerprint density at radius 3 is 2.72 bits per heavy atom. The molecule has 1 aliphatic heterocycles. The molecule has 2 N–H and O–H groups in total. The van der Waals surface area contributed by atoms with Crippen molar-refractivity contribution in [2.45, 2.75) is 19.4 Å². The van der Waals surface area contributed by atoms with Crippen LogP contribution in [0.25, 0.3) is 0 Å². The Kier molecular flexibility index (Phi) is 3.63. The fourth-order valence-corrected chi connectivity index (χ4v) is 2.25. The van der Waals surface area contributed by atoms with Gasteiger partial charge in [0.1, 0.15) is 11.6 Å². The lowest BCUT2D eigenvalue weighted by Gasteiger charge is -2.20. The van der Waals surface area contributed by atoms with E-state index in [1.54, 1.807) is 0 Å². The summed E-state index contributed by atoms with van der Waals surface area (Å²) in [6.07, 6.45) is 1.71. The van der Waals surface area contributed by atoms with Crippen molar-refractivity contribution in [1.29, 1.82) is 5.26 Å². The van der Waals surface area contributed by atoms with Crippen LogP contribution in [0, 0.1) is 11.3 Å². The van der Waals surface area contributed by atoms with E-state index in [-0.39, 0.29) is 5.57 Å². The van der Waals surface area contributed by atoms with E-state index in [0.717, 1.165) is 25.1 Å². The molecule has 1 amide bonds. The number of nitriles is 1. The number of rotatable bonds is 3. The van der Waals surface area contributed by atoms with Gasteiger partial charge in [0.2, 0.25) is 0 Å². The number of nitrogens with zero attached hydrogens (tertiary/aromatic N) is 2. The molecule has 0 saturated carbocycles. The van der Waals surface area contributed by atoms with Crippen LogP contribution in [0.2, 0.25) is 0 Å². The minimum atomic E-state index is -0.632. The van der Waals surface area contributed by atoms with Gasteiger partial charge in [-0.3, -0.25) is 4.79 Å². The highest BCUT2D eigenvalue weighted by Crippen LogP contribution is 2.26. The zero-order valence-electron chi connectivity index (χ0n) is 10.1. The van der Waals surface area contributed by atoms with Crippen LogP contribution < -0.4 is 5.73 Å². The Balaban J connectivity index is 2.24. The zero-order chi connectivity index (χ0) is 13.0. The highest BCUT2D eigenvalue weighted by atomic mass is 16.1. The molecular formula is C14H15N3O. The molecular weight excluding hydrogens is 226 g/mol. The van der Waals surface area contributed by atoms with Gasteiger partial charge in [-0.1, -0.05) is 30.3 Å². The average molecular weight is 241 g/mol. The van der Waals surface area contributed by atoms with E-state index in [0.29, 0.717) is 6.54 Å². The van der Waals surface area contributed by atoms with E-state index in [2.05, 4.69) is 4.90 Å². The predicted molar refractivity (Wildman–Crippen MR) is 67.9 cm³/mol. The molecule has 1 aliphatic rings. The van der Waals surface area contributed by atoms with E-state index in [1.807, 2.05) is 36.4 Å². The van der Waals surface area contributed by atoms with Crippen LogP contribution in [-0.4, -0.2) is 17.4 Å². The Hall–Kier alpha value is -2.28. The topological polar surface area (TPSA) is 70.1 Å². The maximum Gasteiger partial charge on any atom is 0.261 e. The maximum absolute atomic E-state index is 11.2. The van der Waals surface area contributed by atoms with Crippen molar-refractivity contribution < 1.29 is 4.79 Å². The quantitative estimate of drug-likeness (QED) is 0.644. The summed E-state index contributed by atoms with van der Waals surface area (Å²) in [5.74, 6) is -0.632. The molecule has 0 aliphatic carbocycles.